The summed E-state index contributed by atoms with van der Waals surface area (Å²) in [6, 6.07) is 7.69. The molecule has 2 aromatic heterocycles. The standard InChI is InChI=1S/C19H23N7/c1-13-4-6-18(14(2)24-13)22-12-16(11-21)10-17-5-7-19(15(3)25-17)26-23-9-8-20/h4-9,11-12,20,26H,10,21H2,1-3H3/b16-11?,20-8?,22-12?,23-9-. The lowest BCUT2D eigenvalue weighted by Crippen LogP contribution is -2.02. The first kappa shape index (κ1) is 19.0. The number of hydrogen-bond donors (Lipinski definition) is 3. The molecular formula is C19H23N7. The largest absolute Gasteiger partial charge is 0.404 e. The third-order valence-corrected chi connectivity index (χ3v) is 3.64. The number of hydrazone groups is 1. The molecule has 2 rings (SSSR count). The monoisotopic (exact) mass is 349 g/mol. The van der Waals surface area contributed by atoms with Crippen LogP contribution in [0.2, 0.25) is 0 Å². The first-order chi connectivity index (χ1) is 12.5. The average molecular weight is 349 g/mol. The Kier molecular flexibility index (Phi) is 6.73. The molecule has 0 aliphatic carbocycles. The fourth-order valence-electron chi connectivity index (χ4n) is 2.30. The minimum atomic E-state index is 0.573. The molecular weight excluding hydrogens is 326 g/mol. The van der Waals surface area contributed by atoms with Crippen LogP contribution in [-0.2, 0) is 6.42 Å². The van der Waals surface area contributed by atoms with Gasteiger partial charge in [-0.05, 0) is 56.8 Å². The number of allylic oxidation sites excluding steroid dienone is 1. The van der Waals surface area contributed by atoms with E-state index in [1.165, 1.54) is 12.4 Å². The molecule has 134 valence electrons. The minimum absolute atomic E-state index is 0.573. The number of nitrogens with one attached hydrogen (secondary N) is 2. The number of nitrogens with zero attached hydrogens (tertiary/aromatic N) is 4. The predicted molar refractivity (Wildman–Crippen MR) is 108 cm³/mol. The number of aromatic nitrogens is 2. The molecule has 0 fully saturated rings. The minimum Gasteiger partial charge on any atom is -0.404 e. The van der Waals surface area contributed by atoms with Crippen LogP contribution < -0.4 is 11.2 Å². The second-order valence-electron chi connectivity index (χ2n) is 5.73. The van der Waals surface area contributed by atoms with Crippen molar-refractivity contribution in [3.8, 4) is 0 Å². The van der Waals surface area contributed by atoms with E-state index in [1.54, 1.807) is 6.21 Å². The highest BCUT2D eigenvalue weighted by Crippen LogP contribution is 2.18. The molecule has 0 amide bonds. The predicted octanol–water partition coefficient (Wildman–Crippen LogP) is 3.24. The molecule has 0 bridgehead atoms. The van der Waals surface area contributed by atoms with Crippen molar-refractivity contribution in [3.05, 3.63) is 58.8 Å². The quantitative estimate of drug-likeness (QED) is 0.526. The topological polar surface area (TPSA) is 112 Å². The second-order valence-corrected chi connectivity index (χ2v) is 5.73. The Bertz CT molecular complexity index is 866. The number of pyridine rings is 2. The second kappa shape index (κ2) is 9.22. The Morgan fingerprint density at radius 2 is 1.96 bits per heavy atom. The lowest BCUT2D eigenvalue weighted by Gasteiger charge is -2.07. The van der Waals surface area contributed by atoms with Crippen LogP contribution in [0.3, 0.4) is 0 Å². The maximum absolute atomic E-state index is 6.92. The van der Waals surface area contributed by atoms with E-state index in [9.17, 15) is 0 Å². The SMILES string of the molecule is Cc1ccc(N=CC(=CN)Cc2ccc(N/N=C\C=N)c(C)n2)c(C)n1. The van der Waals surface area contributed by atoms with Crippen molar-refractivity contribution in [2.75, 3.05) is 5.43 Å². The Morgan fingerprint density at radius 1 is 1.15 bits per heavy atom. The molecule has 0 saturated heterocycles. The molecule has 0 atom stereocenters. The van der Waals surface area contributed by atoms with E-state index in [0.29, 0.717) is 6.42 Å². The van der Waals surface area contributed by atoms with Crippen LogP contribution in [-0.4, -0.2) is 28.6 Å². The Balaban J connectivity index is 2.10. The van der Waals surface area contributed by atoms with Gasteiger partial charge in [-0.1, -0.05) is 0 Å². The van der Waals surface area contributed by atoms with Gasteiger partial charge in [-0.15, -0.1) is 0 Å². The zero-order valence-electron chi connectivity index (χ0n) is 15.2. The Hall–Kier alpha value is -3.35. The van der Waals surface area contributed by atoms with Crippen LogP contribution in [0, 0.1) is 26.2 Å². The van der Waals surface area contributed by atoms with Gasteiger partial charge in [0.05, 0.1) is 29.0 Å². The maximum atomic E-state index is 6.92. The Labute approximate surface area is 153 Å². The van der Waals surface area contributed by atoms with Gasteiger partial charge in [0.1, 0.15) is 0 Å². The van der Waals surface area contributed by atoms with Crippen molar-refractivity contribution < 1.29 is 0 Å². The molecule has 0 saturated carbocycles. The molecule has 0 aliphatic rings. The van der Waals surface area contributed by atoms with Crippen molar-refractivity contribution >= 4 is 30.0 Å². The molecule has 2 heterocycles. The van der Waals surface area contributed by atoms with Crippen molar-refractivity contribution in [2.24, 2.45) is 15.8 Å². The van der Waals surface area contributed by atoms with Gasteiger partial charge in [0.2, 0.25) is 0 Å². The third kappa shape index (κ3) is 5.34. The number of aryl methyl sites for hydroxylation is 3. The summed E-state index contributed by atoms with van der Waals surface area (Å²) in [5, 5.41) is 10.8. The number of aliphatic imine (C=N–C) groups is 1. The molecule has 0 unspecified atom stereocenters. The first-order valence-electron chi connectivity index (χ1n) is 8.17. The summed E-state index contributed by atoms with van der Waals surface area (Å²) in [6.45, 7) is 5.78. The van der Waals surface area contributed by atoms with Gasteiger partial charge in [0, 0.05) is 30.2 Å². The third-order valence-electron chi connectivity index (χ3n) is 3.64. The maximum Gasteiger partial charge on any atom is 0.0842 e. The molecule has 0 aliphatic heterocycles. The molecule has 0 radical (unpaired) electrons. The number of anilines is 1. The van der Waals surface area contributed by atoms with Gasteiger partial charge in [-0.3, -0.25) is 20.4 Å². The van der Waals surface area contributed by atoms with Crippen LogP contribution in [0.4, 0.5) is 11.4 Å². The van der Waals surface area contributed by atoms with Crippen LogP contribution >= 0.6 is 0 Å². The summed E-state index contributed by atoms with van der Waals surface area (Å²) < 4.78 is 0. The van der Waals surface area contributed by atoms with Gasteiger partial charge in [0.25, 0.3) is 0 Å². The highest BCUT2D eigenvalue weighted by Gasteiger charge is 2.04. The highest BCUT2D eigenvalue weighted by molar-refractivity contribution is 6.14. The number of rotatable bonds is 7. The van der Waals surface area contributed by atoms with Crippen molar-refractivity contribution in [2.45, 2.75) is 27.2 Å². The van der Waals surface area contributed by atoms with Crippen LogP contribution in [0.5, 0.6) is 0 Å². The summed E-state index contributed by atoms with van der Waals surface area (Å²) in [4.78, 5) is 13.5. The molecule has 7 nitrogen and oxygen atoms in total. The smallest absolute Gasteiger partial charge is 0.0842 e. The van der Waals surface area contributed by atoms with Gasteiger partial charge in [-0.25, -0.2) is 0 Å². The molecule has 4 N–H and O–H groups in total. The normalized spacial score (nSPS) is 12.0. The van der Waals surface area contributed by atoms with Crippen molar-refractivity contribution in [1.82, 2.24) is 9.97 Å². The van der Waals surface area contributed by atoms with Crippen LogP contribution in [0.25, 0.3) is 0 Å². The van der Waals surface area contributed by atoms with Crippen molar-refractivity contribution in [3.63, 3.8) is 0 Å². The fourth-order valence-corrected chi connectivity index (χ4v) is 2.30. The lowest BCUT2D eigenvalue weighted by molar-refractivity contribution is 1.04. The lowest BCUT2D eigenvalue weighted by atomic mass is 10.1. The van der Waals surface area contributed by atoms with Gasteiger partial charge >= 0.3 is 0 Å². The summed E-state index contributed by atoms with van der Waals surface area (Å²) >= 11 is 0. The van der Waals surface area contributed by atoms with E-state index in [4.69, 9.17) is 11.1 Å². The summed E-state index contributed by atoms with van der Waals surface area (Å²) in [6.07, 6.45) is 6.33. The average Bonchev–Trinajstić information content (AvgIpc) is 2.61. The number of nitrogens with two attached hydrogens (primary N) is 1. The molecule has 0 aromatic carbocycles. The van der Waals surface area contributed by atoms with Gasteiger partial charge in [0.15, 0.2) is 0 Å². The van der Waals surface area contributed by atoms with E-state index < -0.39 is 0 Å². The van der Waals surface area contributed by atoms with Gasteiger partial charge < -0.3 is 11.1 Å². The van der Waals surface area contributed by atoms with Crippen LogP contribution in [0.1, 0.15) is 22.8 Å². The van der Waals surface area contributed by atoms with E-state index in [0.717, 1.165) is 45.9 Å². The fraction of sp³-hybridized carbons (Fsp3) is 0.211. The summed E-state index contributed by atoms with van der Waals surface area (Å²) in [5.41, 5.74) is 14.6. The molecule has 0 spiro atoms. The zero-order valence-corrected chi connectivity index (χ0v) is 15.2. The van der Waals surface area contributed by atoms with Crippen molar-refractivity contribution in [1.29, 1.82) is 5.41 Å². The molecule has 26 heavy (non-hydrogen) atoms. The van der Waals surface area contributed by atoms with Gasteiger partial charge in [-0.2, -0.15) is 5.10 Å². The summed E-state index contributed by atoms with van der Waals surface area (Å²) in [5.74, 6) is 0. The summed E-state index contributed by atoms with van der Waals surface area (Å²) in [7, 11) is 0. The van der Waals surface area contributed by atoms with E-state index >= 15 is 0 Å². The zero-order chi connectivity index (χ0) is 18.9. The van der Waals surface area contributed by atoms with E-state index in [-0.39, 0.29) is 0 Å². The van der Waals surface area contributed by atoms with E-state index in [2.05, 4.69) is 25.5 Å². The highest BCUT2D eigenvalue weighted by atomic mass is 15.3. The van der Waals surface area contributed by atoms with Crippen LogP contribution in [0.15, 0.2) is 46.1 Å². The van der Waals surface area contributed by atoms with E-state index in [1.807, 2.05) is 45.0 Å². The number of hydrogen-bond acceptors (Lipinski definition) is 7. The Morgan fingerprint density at radius 3 is 2.62 bits per heavy atom. The molecule has 2 aromatic rings. The first-order valence-corrected chi connectivity index (χ1v) is 8.17. The molecule has 7 heteroatoms.